The summed E-state index contributed by atoms with van der Waals surface area (Å²) in [6.45, 7) is 4.07. The van der Waals surface area contributed by atoms with Crippen molar-refractivity contribution in [3.8, 4) is 17.2 Å². The molecule has 0 atom stereocenters. The molecule has 3 aromatic heterocycles. The number of rotatable bonds is 10. The molecular weight excluding hydrogens is 433 g/mol. The van der Waals surface area contributed by atoms with Crippen molar-refractivity contribution in [3.63, 3.8) is 0 Å². The summed E-state index contributed by atoms with van der Waals surface area (Å²) in [6.07, 6.45) is 4.00. The fourth-order valence-electron chi connectivity index (χ4n) is 3.64. The zero-order chi connectivity index (χ0) is 23.4. The average molecular weight is 458 g/mol. The molecule has 1 N–H and O–H groups in total. The van der Waals surface area contributed by atoms with Gasteiger partial charge in [-0.1, -0.05) is 32.4 Å². The monoisotopic (exact) mass is 458 g/mol. The summed E-state index contributed by atoms with van der Waals surface area (Å²) in [6, 6.07) is 8.65. The molecule has 3 heterocycles. The third-order valence-corrected chi connectivity index (χ3v) is 5.33. The van der Waals surface area contributed by atoms with Crippen molar-refractivity contribution in [1.29, 1.82) is 0 Å². The van der Waals surface area contributed by atoms with E-state index < -0.39 is 17.6 Å². The van der Waals surface area contributed by atoms with Crippen LogP contribution in [0.1, 0.15) is 56.7 Å². The van der Waals surface area contributed by atoms with Crippen LogP contribution >= 0.6 is 0 Å². The SMILES string of the molecule is CCCCc1nc(C(F)(F)CCC)nn1Cc1ccc(-n2ccc(F)c2-c2nn[nH]n2)cc1. The van der Waals surface area contributed by atoms with E-state index in [1.807, 2.05) is 31.2 Å². The topological polar surface area (TPSA) is 90.1 Å². The van der Waals surface area contributed by atoms with Crippen molar-refractivity contribution in [2.75, 3.05) is 0 Å². The van der Waals surface area contributed by atoms with Gasteiger partial charge in [0.25, 0.3) is 0 Å². The van der Waals surface area contributed by atoms with Crippen LogP contribution in [0.5, 0.6) is 0 Å². The van der Waals surface area contributed by atoms with E-state index in [1.165, 1.54) is 6.07 Å². The van der Waals surface area contributed by atoms with Gasteiger partial charge in [0.1, 0.15) is 11.5 Å². The van der Waals surface area contributed by atoms with E-state index in [4.69, 9.17) is 0 Å². The normalized spacial score (nSPS) is 11.9. The fourth-order valence-corrected chi connectivity index (χ4v) is 3.64. The summed E-state index contributed by atoms with van der Waals surface area (Å²) in [5, 5.41) is 17.7. The van der Waals surface area contributed by atoms with Gasteiger partial charge in [0.2, 0.25) is 11.6 Å². The minimum atomic E-state index is -3.05. The van der Waals surface area contributed by atoms with Gasteiger partial charge in [-0.2, -0.15) is 14.0 Å². The van der Waals surface area contributed by atoms with Crippen molar-refractivity contribution in [1.82, 2.24) is 40.0 Å². The second kappa shape index (κ2) is 9.55. The highest BCUT2D eigenvalue weighted by atomic mass is 19.3. The maximum Gasteiger partial charge on any atom is 0.308 e. The molecule has 0 unspecified atom stereocenters. The Morgan fingerprint density at radius 2 is 1.85 bits per heavy atom. The van der Waals surface area contributed by atoms with Crippen LogP contribution in [0.15, 0.2) is 36.5 Å². The van der Waals surface area contributed by atoms with E-state index in [2.05, 4.69) is 30.7 Å². The van der Waals surface area contributed by atoms with Crippen molar-refractivity contribution < 1.29 is 13.2 Å². The zero-order valence-corrected chi connectivity index (χ0v) is 18.5. The van der Waals surface area contributed by atoms with Crippen LogP contribution < -0.4 is 0 Å². The Balaban J connectivity index is 1.59. The predicted octanol–water partition coefficient (Wildman–Crippen LogP) is 4.67. The van der Waals surface area contributed by atoms with Crippen LogP contribution in [-0.4, -0.2) is 40.0 Å². The Hall–Kier alpha value is -3.50. The van der Waals surface area contributed by atoms with Crippen molar-refractivity contribution >= 4 is 0 Å². The molecule has 0 amide bonds. The molecule has 8 nitrogen and oxygen atoms in total. The molecule has 0 radical (unpaired) electrons. The lowest BCUT2D eigenvalue weighted by Gasteiger charge is -2.10. The first-order valence-electron chi connectivity index (χ1n) is 10.9. The lowest BCUT2D eigenvalue weighted by Crippen LogP contribution is -2.15. The van der Waals surface area contributed by atoms with E-state index in [9.17, 15) is 13.2 Å². The number of tetrazole rings is 1. The van der Waals surface area contributed by atoms with E-state index in [0.29, 0.717) is 30.9 Å². The molecule has 0 aliphatic heterocycles. The number of H-pyrrole nitrogens is 1. The summed E-state index contributed by atoms with van der Waals surface area (Å²) < 4.78 is 46.3. The van der Waals surface area contributed by atoms with Crippen molar-refractivity contribution in [3.05, 3.63) is 59.6 Å². The van der Waals surface area contributed by atoms with Gasteiger partial charge in [0.05, 0.1) is 6.54 Å². The number of benzene rings is 1. The third kappa shape index (κ3) is 4.81. The van der Waals surface area contributed by atoms with Crippen molar-refractivity contribution in [2.24, 2.45) is 0 Å². The van der Waals surface area contributed by atoms with Gasteiger partial charge in [-0.3, -0.25) is 0 Å². The molecule has 174 valence electrons. The quantitative estimate of drug-likeness (QED) is 0.373. The highest BCUT2D eigenvalue weighted by Crippen LogP contribution is 2.31. The standard InChI is InChI=1S/C22H25F3N8/c1-3-5-6-18-26-21(22(24,25)12-4-2)29-33(18)14-15-7-9-16(10-8-15)32-13-11-17(23)19(32)20-27-30-31-28-20/h7-11,13H,3-6,12,14H2,1-2H3,(H,27,28,30,31). The van der Waals surface area contributed by atoms with E-state index in [1.54, 1.807) is 22.4 Å². The molecule has 4 rings (SSSR count). The molecule has 0 spiro atoms. The van der Waals surface area contributed by atoms with Crippen LogP contribution in [0, 0.1) is 5.82 Å². The molecule has 0 aliphatic rings. The van der Waals surface area contributed by atoms with Gasteiger partial charge < -0.3 is 4.57 Å². The predicted molar refractivity (Wildman–Crippen MR) is 115 cm³/mol. The number of aryl methyl sites for hydroxylation is 1. The van der Waals surface area contributed by atoms with Crippen LogP contribution in [0.2, 0.25) is 0 Å². The number of nitrogens with one attached hydrogen (secondary N) is 1. The van der Waals surface area contributed by atoms with Gasteiger partial charge in [-0.25, -0.2) is 14.1 Å². The lowest BCUT2D eigenvalue weighted by molar-refractivity contribution is -0.0232. The summed E-state index contributed by atoms with van der Waals surface area (Å²) in [7, 11) is 0. The summed E-state index contributed by atoms with van der Waals surface area (Å²) >= 11 is 0. The Morgan fingerprint density at radius 3 is 2.52 bits per heavy atom. The van der Waals surface area contributed by atoms with Crippen LogP contribution in [-0.2, 0) is 18.9 Å². The molecule has 1 aromatic carbocycles. The molecule has 0 bridgehead atoms. The molecule has 4 aromatic rings. The summed E-state index contributed by atoms with van der Waals surface area (Å²) in [4.78, 5) is 4.18. The highest BCUT2D eigenvalue weighted by molar-refractivity contribution is 5.55. The molecule has 0 saturated heterocycles. The van der Waals surface area contributed by atoms with Gasteiger partial charge >= 0.3 is 5.92 Å². The Kier molecular flexibility index (Phi) is 6.57. The van der Waals surface area contributed by atoms with Gasteiger partial charge in [-0.05, 0) is 41.8 Å². The maximum atomic E-state index is 14.4. The number of halogens is 3. The molecule has 33 heavy (non-hydrogen) atoms. The minimum absolute atomic E-state index is 0.144. The third-order valence-electron chi connectivity index (χ3n) is 5.33. The first kappa shape index (κ1) is 22.7. The van der Waals surface area contributed by atoms with Crippen LogP contribution in [0.25, 0.3) is 17.2 Å². The second-order valence-corrected chi connectivity index (χ2v) is 7.85. The summed E-state index contributed by atoms with van der Waals surface area (Å²) in [5.41, 5.74) is 1.75. The van der Waals surface area contributed by atoms with E-state index in [-0.39, 0.29) is 17.9 Å². The zero-order valence-electron chi connectivity index (χ0n) is 18.5. The Bertz CT molecular complexity index is 1180. The number of unbranched alkanes of at least 4 members (excludes halogenated alkanes) is 1. The highest BCUT2D eigenvalue weighted by Gasteiger charge is 2.36. The molecule has 0 fully saturated rings. The number of hydrogen-bond donors (Lipinski definition) is 1. The number of aromatic nitrogens is 8. The lowest BCUT2D eigenvalue weighted by atomic mass is 10.2. The van der Waals surface area contributed by atoms with E-state index in [0.717, 1.165) is 18.4 Å². The minimum Gasteiger partial charge on any atom is -0.311 e. The Morgan fingerprint density at radius 1 is 1.06 bits per heavy atom. The Labute approximate surface area is 188 Å². The first-order valence-corrected chi connectivity index (χ1v) is 10.9. The average Bonchev–Trinajstić information content (AvgIpc) is 3.53. The molecular formula is C22H25F3N8. The first-order chi connectivity index (χ1) is 15.9. The number of aromatic amines is 1. The summed E-state index contributed by atoms with van der Waals surface area (Å²) in [5.74, 6) is -3.23. The van der Waals surface area contributed by atoms with Gasteiger partial charge in [0.15, 0.2) is 5.82 Å². The maximum absolute atomic E-state index is 14.4. The number of nitrogens with zero attached hydrogens (tertiary/aromatic N) is 7. The van der Waals surface area contributed by atoms with Gasteiger partial charge in [-0.15, -0.1) is 15.3 Å². The van der Waals surface area contributed by atoms with Crippen LogP contribution in [0.4, 0.5) is 13.2 Å². The fraction of sp³-hybridized carbons (Fsp3) is 0.409. The smallest absolute Gasteiger partial charge is 0.308 e. The van der Waals surface area contributed by atoms with E-state index >= 15 is 0 Å². The number of hydrogen-bond acceptors (Lipinski definition) is 5. The van der Waals surface area contributed by atoms with Crippen LogP contribution in [0.3, 0.4) is 0 Å². The number of alkyl halides is 2. The van der Waals surface area contributed by atoms with Gasteiger partial charge in [0, 0.05) is 24.7 Å². The molecule has 0 saturated carbocycles. The molecule has 11 heteroatoms. The molecule has 0 aliphatic carbocycles. The van der Waals surface area contributed by atoms with Crippen molar-refractivity contribution in [2.45, 2.75) is 58.4 Å². The second-order valence-electron chi connectivity index (χ2n) is 7.85. The largest absolute Gasteiger partial charge is 0.311 e.